The maximum Gasteiger partial charge on any atom is 0.0737 e. The molecule has 0 amide bonds. The topological polar surface area (TPSA) is 57.4 Å². The van der Waals surface area contributed by atoms with Gasteiger partial charge in [0.05, 0.1) is 11.4 Å². The van der Waals surface area contributed by atoms with Gasteiger partial charge in [-0.15, -0.1) is 0 Å². The minimum atomic E-state index is -0.112. The zero-order valence-corrected chi connectivity index (χ0v) is 27.6. The molecular formula is C43H38N4. The van der Waals surface area contributed by atoms with Crippen LogP contribution >= 0.6 is 0 Å². The normalized spacial score (nSPS) is 13.6. The molecule has 2 N–H and O–H groups in total. The molecule has 0 saturated heterocycles. The summed E-state index contributed by atoms with van der Waals surface area (Å²) in [5.41, 5.74) is 18.7. The van der Waals surface area contributed by atoms with E-state index in [1.165, 1.54) is 27.8 Å². The molecule has 0 atom stereocenters. The SMILES string of the molecule is Cc1cc(C)c(-c2c3nc(cc4[nH]c(cc5nc(cc6[nH]c2cc6-c2ccccc2)CC5(C)C)cc4-c2ccccc2)C=C3)c(C)c1. The van der Waals surface area contributed by atoms with Crippen LogP contribution in [-0.2, 0) is 11.8 Å². The predicted molar refractivity (Wildman–Crippen MR) is 197 cm³/mol. The van der Waals surface area contributed by atoms with Crippen molar-refractivity contribution in [1.82, 2.24) is 19.9 Å². The van der Waals surface area contributed by atoms with Gasteiger partial charge in [0, 0.05) is 62.0 Å². The molecule has 6 aromatic rings. The molecule has 0 saturated carbocycles. The Morgan fingerprint density at radius 3 is 1.91 bits per heavy atom. The van der Waals surface area contributed by atoms with E-state index in [9.17, 15) is 0 Å². The summed E-state index contributed by atoms with van der Waals surface area (Å²) < 4.78 is 0. The van der Waals surface area contributed by atoms with Crippen LogP contribution in [0.2, 0.25) is 0 Å². The third kappa shape index (κ3) is 5.30. The number of rotatable bonds is 3. The van der Waals surface area contributed by atoms with E-state index >= 15 is 0 Å². The average molecular weight is 611 g/mol. The minimum Gasteiger partial charge on any atom is -0.355 e. The van der Waals surface area contributed by atoms with E-state index in [0.717, 1.165) is 73.5 Å². The van der Waals surface area contributed by atoms with Gasteiger partial charge in [0.2, 0.25) is 0 Å². The molecule has 0 unspecified atom stereocenters. The summed E-state index contributed by atoms with van der Waals surface area (Å²) in [6, 6.07) is 36.9. The highest BCUT2D eigenvalue weighted by Gasteiger charge is 2.28. The number of nitrogens with zero attached hydrogens (tertiary/aromatic N) is 2. The molecule has 4 heteroatoms. The summed E-state index contributed by atoms with van der Waals surface area (Å²) >= 11 is 0. The van der Waals surface area contributed by atoms with Crippen LogP contribution in [0.4, 0.5) is 0 Å². The van der Waals surface area contributed by atoms with Gasteiger partial charge < -0.3 is 9.97 Å². The van der Waals surface area contributed by atoms with Crippen molar-refractivity contribution in [2.75, 3.05) is 0 Å². The van der Waals surface area contributed by atoms with Crippen molar-refractivity contribution in [3.63, 3.8) is 0 Å². The van der Waals surface area contributed by atoms with E-state index in [4.69, 9.17) is 9.97 Å². The molecule has 3 aromatic heterocycles. The first-order chi connectivity index (χ1) is 22.7. The monoisotopic (exact) mass is 610 g/mol. The van der Waals surface area contributed by atoms with Crippen molar-refractivity contribution in [3.05, 3.63) is 143 Å². The fourth-order valence-corrected chi connectivity index (χ4v) is 7.35. The Labute approximate surface area is 275 Å². The number of aromatic nitrogens is 4. The standard InChI is InChI=1S/C43H38N4/c1-26-18-27(2)41(28(3)19-26)42-36-17-16-31(44-36)21-37-34(29-12-8-6-9-13-29)20-32(45-37)23-40-43(4,5)25-33(46-40)22-38-35(24-39(42)47-38)30-14-10-7-11-15-30/h6-24,45,47H,25H2,1-5H3. The van der Waals surface area contributed by atoms with Crippen molar-refractivity contribution in [3.8, 4) is 33.4 Å². The zero-order valence-electron chi connectivity index (χ0n) is 27.6. The number of H-pyrrole nitrogens is 2. The lowest BCUT2D eigenvalue weighted by molar-refractivity contribution is 0.543. The number of hydrogen-bond donors (Lipinski definition) is 2. The molecule has 0 aliphatic carbocycles. The lowest BCUT2D eigenvalue weighted by atomic mass is 9.87. The molecule has 2 aliphatic rings. The highest BCUT2D eigenvalue weighted by Crippen LogP contribution is 2.39. The van der Waals surface area contributed by atoms with Crippen molar-refractivity contribution in [1.29, 1.82) is 0 Å². The molecule has 0 radical (unpaired) electrons. The molecular weight excluding hydrogens is 573 g/mol. The Bertz CT molecular complexity index is 2350. The summed E-state index contributed by atoms with van der Waals surface area (Å²) in [6.07, 6.45) is 5.14. The average Bonchev–Trinajstić information content (AvgIpc) is 3.82. The Balaban J connectivity index is 1.53. The van der Waals surface area contributed by atoms with E-state index in [-0.39, 0.29) is 5.41 Å². The van der Waals surface area contributed by atoms with Crippen molar-refractivity contribution >= 4 is 34.2 Å². The first-order valence-electron chi connectivity index (χ1n) is 16.4. The lowest BCUT2D eigenvalue weighted by Crippen LogP contribution is -2.14. The van der Waals surface area contributed by atoms with Crippen LogP contribution in [0.5, 0.6) is 0 Å². The fourth-order valence-electron chi connectivity index (χ4n) is 7.35. The van der Waals surface area contributed by atoms with Crippen LogP contribution < -0.4 is 0 Å². The van der Waals surface area contributed by atoms with Gasteiger partial charge in [-0.1, -0.05) is 92.2 Å². The fraction of sp³-hybridized carbons (Fsp3) is 0.163. The Kier molecular flexibility index (Phi) is 6.84. The first-order valence-corrected chi connectivity index (χ1v) is 16.4. The predicted octanol–water partition coefficient (Wildman–Crippen LogP) is 10.9. The van der Waals surface area contributed by atoms with E-state index < -0.39 is 0 Å². The summed E-state index contributed by atoms with van der Waals surface area (Å²) in [5.74, 6) is 0. The van der Waals surface area contributed by atoms with Crippen LogP contribution in [0.3, 0.4) is 0 Å². The Morgan fingerprint density at radius 1 is 0.596 bits per heavy atom. The highest BCUT2D eigenvalue weighted by atomic mass is 14.8. The van der Waals surface area contributed by atoms with Crippen LogP contribution in [0.25, 0.3) is 67.6 Å². The highest BCUT2D eigenvalue weighted by molar-refractivity contribution is 5.97. The molecule has 8 rings (SSSR count). The van der Waals surface area contributed by atoms with E-state index in [1.54, 1.807) is 0 Å². The summed E-state index contributed by atoms with van der Waals surface area (Å²) in [4.78, 5) is 18.1. The maximum absolute atomic E-state index is 5.29. The van der Waals surface area contributed by atoms with Crippen LogP contribution in [0.15, 0.2) is 103 Å². The first kappa shape index (κ1) is 29.0. The number of fused-ring (bicyclic) bond motifs is 8. The molecule has 230 valence electrons. The molecule has 47 heavy (non-hydrogen) atoms. The van der Waals surface area contributed by atoms with Gasteiger partial charge in [0.25, 0.3) is 0 Å². The molecule has 0 fully saturated rings. The van der Waals surface area contributed by atoms with Crippen LogP contribution in [-0.4, -0.2) is 19.9 Å². The van der Waals surface area contributed by atoms with Gasteiger partial charge in [0.15, 0.2) is 0 Å². The molecule has 5 heterocycles. The number of aromatic amines is 2. The number of hydrogen-bond acceptors (Lipinski definition) is 2. The largest absolute Gasteiger partial charge is 0.355 e. The van der Waals surface area contributed by atoms with Crippen molar-refractivity contribution in [2.24, 2.45) is 0 Å². The molecule has 3 aromatic carbocycles. The summed E-state index contributed by atoms with van der Waals surface area (Å²) in [5, 5.41) is 0. The van der Waals surface area contributed by atoms with Gasteiger partial charge >= 0.3 is 0 Å². The van der Waals surface area contributed by atoms with Crippen molar-refractivity contribution < 1.29 is 0 Å². The zero-order chi connectivity index (χ0) is 32.3. The van der Waals surface area contributed by atoms with Crippen LogP contribution in [0.1, 0.15) is 53.3 Å². The molecule has 2 aliphatic heterocycles. The summed E-state index contributed by atoms with van der Waals surface area (Å²) in [6.45, 7) is 11.2. The third-order valence-electron chi connectivity index (χ3n) is 9.48. The third-order valence-corrected chi connectivity index (χ3v) is 9.48. The van der Waals surface area contributed by atoms with E-state index in [2.05, 4.69) is 160 Å². The van der Waals surface area contributed by atoms with Gasteiger partial charge in [-0.25, -0.2) is 4.98 Å². The number of aryl methyl sites for hydroxylation is 3. The Morgan fingerprint density at radius 2 is 1.23 bits per heavy atom. The molecule has 4 nitrogen and oxygen atoms in total. The second-order valence-corrected chi connectivity index (χ2v) is 13.7. The van der Waals surface area contributed by atoms with Crippen molar-refractivity contribution in [2.45, 2.75) is 46.5 Å². The van der Waals surface area contributed by atoms with E-state index in [1.807, 2.05) is 0 Å². The quantitative estimate of drug-likeness (QED) is 0.209. The number of benzene rings is 3. The lowest BCUT2D eigenvalue weighted by Gasteiger charge is -2.15. The minimum absolute atomic E-state index is 0.112. The van der Waals surface area contributed by atoms with Gasteiger partial charge in [-0.3, -0.25) is 4.98 Å². The second-order valence-electron chi connectivity index (χ2n) is 13.7. The second kappa shape index (κ2) is 11.1. The van der Waals surface area contributed by atoms with Gasteiger partial charge in [0.1, 0.15) is 0 Å². The molecule has 8 bridgehead atoms. The Hall–Kier alpha value is -5.48. The van der Waals surface area contributed by atoms with Crippen LogP contribution in [0, 0.1) is 20.8 Å². The van der Waals surface area contributed by atoms with Gasteiger partial charge in [-0.2, -0.15) is 0 Å². The maximum atomic E-state index is 5.29. The summed E-state index contributed by atoms with van der Waals surface area (Å²) in [7, 11) is 0. The molecule has 0 spiro atoms. The smallest absolute Gasteiger partial charge is 0.0737 e. The van der Waals surface area contributed by atoms with Gasteiger partial charge in [-0.05, 0) is 91.1 Å². The van der Waals surface area contributed by atoms with E-state index in [0.29, 0.717) is 0 Å². The number of nitrogens with one attached hydrogen (secondary N) is 2.